The van der Waals surface area contributed by atoms with Gasteiger partial charge in [-0.1, -0.05) is 59.8 Å². The van der Waals surface area contributed by atoms with Crippen LogP contribution in [0.5, 0.6) is 0 Å². The van der Waals surface area contributed by atoms with Crippen molar-refractivity contribution in [2.45, 2.75) is 25.5 Å². The molecule has 0 aliphatic heterocycles. The summed E-state index contributed by atoms with van der Waals surface area (Å²) in [6.07, 6.45) is 1.63. The summed E-state index contributed by atoms with van der Waals surface area (Å²) < 4.78 is 6.60. The third-order valence-electron chi connectivity index (χ3n) is 5.36. The smallest absolute Gasteiger partial charge is 0.340 e. The molecule has 0 radical (unpaired) electrons. The SMILES string of the molecule is C=CCn1c(SCC(=O)Nc2ccccc2C(=O)OCC)nc2scc(-c3ccc(C)cc3)c2c1=O. The number of hydrogen-bond donors (Lipinski definition) is 1. The zero-order valence-electron chi connectivity index (χ0n) is 19.9. The maximum absolute atomic E-state index is 13.5. The highest BCUT2D eigenvalue weighted by Gasteiger charge is 2.19. The molecule has 184 valence electrons. The second kappa shape index (κ2) is 11.4. The van der Waals surface area contributed by atoms with Gasteiger partial charge in [0.05, 0.1) is 29.0 Å². The van der Waals surface area contributed by atoms with Crippen LogP contribution < -0.4 is 10.9 Å². The molecule has 0 fully saturated rings. The number of rotatable bonds is 9. The second-order valence-electron chi connectivity index (χ2n) is 7.90. The van der Waals surface area contributed by atoms with Gasteiger partial charge in [-0.05, 0) is 31.5 Å². The number of carbonyl (C=O) groups excluding carboxylic acids is 2. The zero-order valence-corrected chi connectivity index (χ0v) is 21.6. The number of fused-ring (bicyclic) bond motifs is 1. The number of benzene rings is 2. The predicted molar refractivity (Wildman–Crippen MR) is 146 cm³/mol. The van der Waals surface area contributed by atoms with E-state index in [-0.39, 0.29) is 35.9 Å². The number of nitrogens with one attached hydrogen (secondary N) is 1. The Kier molecular flexibility index (Phi) is 8.02. The number of ether oxygens (including phenoxy) is 1. The van der Waals surface area contributed by atoms with E-state index in [4.69, 9.17) is 9.72 Å². The van der Waals surface area contributed by atoms with Crippen LogP contribution in [0.25, 0.3) is 21.3 Å². The molecule has 0 bridgehead atoms. The molecule has 2 heterocycles. The molecule has 0 aliphatic carbocycles. The fraction of sp³-hybridized carbons (Fsp3) is 0.185. The van der Waals surface area contributed by atoms with E-state index in [1.54, 1.807) is 37.3 Å². The molecule has 0 atom stereocenters. The number of amides is 1. The first-order valence-electron chi connectivity index (χ1n) is 11.3. The topological polar surface area (TPSA) is 90.3 Å². The number of nitrogens with zero attached hydrogens (tertiary/aromatic N) is 2. The van der Waals surface area contributed by atoms with Crippen molar-refractivity contribution in [2.24, 2.45) is 0 Å². The van der Waals surface area contributed by atoms with Gasteiger partial charge in [0, 0.05) is 17.5 Å². The Morgan fingerprint density at radius 1 is 1.19 bits per heavy atom. The highest BCUT2D eigenvalue weighted by Crippen LogP contribution is 2.32. The van der Waals surface area contributed by atoms with Gasteiger partial charge in [-0.25, -0.2) is 9.78 Å². The monoisotopic (exact) mass is 519 g/mol. The summed E-state index contributed by atoms with van der Waals surface area (Å²) in [4.78, 5) is 43.7. The lowest BCUT2D eigenvalue weighted by Crippen LogP contribution is -2.24. The van der Waals surface area contributed by atoms with Gasteiger partial charge in [-0.2, -0.15) is 0 Å². The molecule has 2 aromatic carbocycles. The predicted octanol–water partition coefficient (Wildman–Crippen LogP) is 5.53. The maximum atomic E-state index is 13.5. The Hall–Kier alpha value is -3.69. The van der Waals surface area contributed by atoms with E-state index in [1.165, 1.54) is 15.9 Å². The van der Waals surface area contributed by atoms with Crippen molar-refractivity contribution in [1.29, 1.82) is 0 Å². The van der Waals surface area contributed by atoms with Crippen LogP contribution in [0.3, 0.4) is 0 Å². The van der Waals surface area contributed by atoms with Crippen molar-refractivity contribution in [2.75, 3.05) is 17.7 Å². The van der Waals surface area contributed by atoms with Gasteiger partial charge in [0.25, 0.3) is 5.56 Å². The van der Waals surface area contributed by atoms with E-state index in [2.05, 4.69) is 11.9 Å². The summed E-state index contributed by atoms with van der Waals surface area (Å²) in [6.45, 7) is 8.01. The quantitative estimate of drug-likeness (QED) is 0.135. The van der Waals surface area contributed by atoms with Crippen LogP contribution in [0.2, 0.25) is 0 Å². The molecular formula is C27H25N3O4S2. The molecule has 2 aromatic heterocycles. The molecule has 9 heteroatoms. The number of thioether (sulfide) groups is 1. The van der Waals surface area contributed by atoms with Crippen LogP contribution >= 0.6 is 23.1 Å². The molecule has 4 aromatic rings. The number of thiophene rings is 1. The number of para-hydroxylation sites is 1. The number of hydrogen-bond acceptors (Lipinski definition) is 7. The molecule has 1 amide bonds. The third-order valence-corrected chi connectivity index (χ3v) is 7.21. The molecule has 4 rings (SSSR count). The first-order chi connectivity index (χ1) is 17.4. The molecule has 0 aliphatic rings. The Morgan fingerprint density at radius 2 is 1.94 bits per heavy atom. The number of esters is 1. The molecule has 7 nitrogen and oxygen atoms in total. The number of allylic oxidation sites excluding steroid dienone is 1. The molecule has 0 unspecified atom stereocenters. The van der Waals surface area contributed by atoms with Gasteiger partial charge in [0.1, 0.15) is 4.83 Å². The Morgan fingerprint density at radius 3 is 2.67 bits per heavy atom. The molecule has 0 saturated carbocycles. The summed E-state index contributed by atoms with van der Waals surface area (Å²) in [5, 5.41) is 5.69. The van der Waals surface area contributed by atoms with Crippen LogP contribution in [-0.4, -0.2) is 33.8 Å². The van der Waals surface area contributed by atoms with Gasteiger partial charge >= 0.3 is 5.97 Å². The van der Waals surface area contributed by atoms with E-state index < -0.39 is 5.97 Å². The summed E-state index contributed by atoms with van der Waals surface area (Å²) in [5.74, 6) is -0.833. The van der Waals surface area contributed by atoms with Crippen molar-refractivity contribution in [1.82, 2.24) is 9.55 Å². The van der Waals surface area contributed by atoms with Gasteiger partial charge in [-0.15, -0.1) is 17.9 Å². The Bertz CT molecular complexity index is 1490. The lowest BCUT2D eigenvalue weighted by atomic mass is 10.1. The highest BCUT2D eigenvalue weighted by atomic mass is 32.2. The fourth-order valence-electron chi connectivity index (χ4n) is 3.65. The van der Waals surface area contributed by atoms with Crippen molar-refractivity contribution >= 4 is 50.9 Å². The van der Waals surface area contributed by atoms with E-state index in [0.717, 1.165) is 28.5 Å². The van der Waals surface area contributed by atoms with Gasteiger partial charge < -0.3 is 10.1 Å². The van der Waals surface area contributed by atoms with Gasteiger partial charge in [0.2, 0.25) is 5.91 Å². The average Bonchev–Trinajstić information content (AvgIpc) is 3.30. The van der Waals surface area contributed by atoms with E-state index in [9.17, 15) is 14.4 Å². The summed E-state index contributed by atoms with van der Waals surface area (Å²) in [6, 6.07) is 14.7. The van der Waals surface area contributed by atoms with Crippen LogP contribution in [0.15, 0.2) is 76.5 Å². The van der Waals surface area contributed by atoms with E-state index >= 15 is 0 Å². The highest BCUT2D eigenvalue weighted by molar-refractivity contribution is 7.99. The third kappa shape index (κ3) is 5.42. The molecular weight excluding hydrogens is 494 g/mol. The number of aryl methyl sites for hydroxylation is 1. The fourth-order valence-corrected chi connectivity index (χ4v) is 5.44. The van der Waals surface area contributed by atoms with Gasteiger partial charge in [-0.3, -0.25) is 14.2 Å². The van der Waals surface area contributed by atoms with Crippen molar-refractivity contribution in [3.8, 4) is 11.1 Å². The number of aromatic nitrogens is 2. The van der Waals surface area contributed by atoms with Crippen LogP contribution in [0.4, 0.5) is 5.69 Å². The zero-order chi connectivity index (χ0) is 25.7. The summed E-state index contributed by atoms with van der Waals surface area (Å²) in [7, 11) is 0. The minimum absolute atomic E-state index is 0.00242. The normalized spacial score (nSPS) is 10.8. The average molecular weight is 520 g/mol. The number of anilines is 1. The Balaban J connectivity index is 1.59. The van der Waals surface area contributed by atoms with Crippen LogP contribution in [0.1, 0.15) is 22.8 Å². The molecule has 0 spiro atoms. The lowest BCUT2D eigenvalue weighted by Gasteiger charge is -2.12. The Labute approximate surface area is 216 Å². The van der Waals surface area contributed by atoms with E-state index in [0.29, 0.717) is 21.1 Å². The van der Waals surface area contributed by atoms with Crippen LogP contribution in [0, 0.1) is 6.92 Å². The molecule has 0 saturated heterocycles. The standard InChI is InChI=1S/C27H25N3O4S2/c1-4-14-30-25(32)23-20(18-12-10-17(3)11-13-18)15-35-24(23)29-27(30)36-16-22(31)28-21-9-7-6-8-19(21)26(33)34-5-2/h4,6-13,15H,1,5,14,16H2,2-3H3,(H,28,31). The minimum Gasteiger partial charge on any atom is -0.462 e. The maximum Gasteiger partial charge on any atom is 0.340 e. The van der Waals surface area contributed by atoms with E-state index in [1.807, 2.05) is 36.6 Å². The van der Waals surface area contributed by atoms with Crippen molar-refractivity contribution < 1.29 is 14.3 Å². The molecule has 1 N–H and O–H groups in total. The second-order valence-corrected chi connectivity index (χ2v) is 9.70. The molecule has 36 heavy (non-hydrogen) atoms. The lowest BCUT2D eigenvalue weighted by molar-refractivity contribution is -0.113. The van der Waals surface area contributed by atoms with Crippen LogP contribution in [-0.2, 0) is 16.1 Å². The summed E-state index contributed by atoms with van der Waals surface area (Å²) >= 11 is 2.56. The summed E-state index contributed by atoms with van der Waals surface area (Å²) in [5.41, 5.74) is 3.42. The first kappa shape index (κ1) is 25.4. The van der Waals surface area contributed by atoms with Gasteiger partial charge in [0.15, 0.2) is 5.16 Å². The number of carbonyl (C=O) groups is 2. The van der Waals surface area contributed by atoms with Crippen molar-refractivity contribution in [3.63, 3.8) is 0 Å². The largest absolute Gasteiger partial charge is 0.462 e. The van der Waals surface area contributed by atoms with Crippen molar-refractivity contribution in [3.05, 3.63) is 88.0 Å². The first-order valence-corrected chi connectivity index (χ1v) is 13.2. The minimum atomic E-state index is -0.505.